The predicted molar refractivity (Wildman–Crippen MR) is 213 cm³/mol. The summed E-state index contributed by atoms with van der Waals surface area (Å²) in [6, 6.07) is 2.79. The maximum absolute atomic E-state index is 15.1. The highest BCUT2D eigenvalue weighted by Gasteiger charge is 2.38. The van der Waals surface area contributed by atoms with Crippen LogP contribution in [0.5, 0.6) is 5.75 Å². The molecule has 0 radical (unpaired) electrons. The van der Waals surface area contributed by atoms with E-state index in [9.17, 15) is 30.0 Å². The minimum atomic E-state index is -1.83. The number of amides is 2. The molecule has 4 fully saturated rings. The molecular weight excluding hydrogens is 756 g/mol. The second-order valence-corrected chi connectivity index (χ2v) is 16.8. The van der Waals surface area contributed by atoms with Gasteiger partial charge in [-0.15, -0.1) is 0 Å². The van der Waals surface area contributed by atoms with Crippen LogP contribution in [-0.4, -0.2) is 161 Å². The van der Waals surface area contributed by atoms with Crippen molar-refractivity contribution in [2.75, 3.05) is 65.6 Å². The van der Waals surface area contributed by atoms with Crippen LogP contribution in [0.2, 0.25) is 0 Å². The number of nitrogens with one attached hydrogen (secondary N) is 2. The molecule has 3 saturated heterocycles. The summed E-state index contributed by atoms with van der Waals surface area (Å²) in [5, 5.41) is 54.4. The lowest BCUT2D eigenvalue weighted by atomic mass is 9.92. The van der Waals surface area contributed by atoms with Crippen molar-refractivity contribution in [2.24, 2.45) is 11.8 Å². The van der Waals surface area contributed by atoms with E-state index in [1.165, 1.54) is 56.3 Å². The summed E-state index contributed by atoms with van der Waals surface area (Å²) in [4.78, 5) is 32.3. The molecule has 1 aliphatic carbocycles. The van der Waals surface area contributed by atoms with E-state index in [0.29, 0.717) is 18.6 Å². The molecule has 58 heavy (non-hydrogen) atoms. The fourth-order valence-electron chi connectivity index (χ4n) is 9.11. The Morgan fingerprint density at radius 3 is 2.21 bits per heavy atom. The van der Waals surface area contributed by atoms with Crippen LogP contribution < -0.4 is 15.4 Å². The second-order valence-electron chi connectivity index (χ2n) is 16.8. The predicted octanol–water partition coefficient (Wildman–Crippen LogP) is 1.88. The van der Waals surface area contributed by atoms with Gasteiger partial charge in [0.1, 0.15) is 42.0 Å². The van der Waals surface area contributed by atoms with E-state index in [-0.39, 0.29) is 43.2 Å². The molecule has 1 saturated carbocycles. The summed E-state index contributed by atoms with van der Waals surface area (Å²) in [5.74, 6) is -2.83. The molecule has 0 aromatic heterocycles. The minimum Gasteiger partial charge on any atom is -0.493 e. The number of benzene rings is 1. The number of carbonyl (C=O) groups excluding carboxylic acids is 2. The summed E-state index contributed by atoms with van der Waals surface area (Å²) < 4.78 is 42.1. The molecular formula is C42H69F2N5O9. The fourth-order valence-corrected chi connectivity index (χ4v) is 9.11. The first-order chi connectivity index (χ1) is 28.0. The number of likely N-dealkylation sites (tertiary alicyclic amines) is 2. The van der Waals surface area contributed by atoms with Crippen molar-refractivity contribution < 1.29 is 53.4 Å². The molecule has 4 aliphatic rings. The van der Waals surface area contributed by atoms with Crippen molar-refractivity contribution in [2.45, 2.75) is 140 Å². The zero-order valence-corrected chi connectivity index (χ0v) is 34.3. The zero-order valence-electron chi connectivity index (χ0n) is 34.3. The normalized spacial score (nSPS) is 25.7. The lowest BCUT2D eigenvalue weighted by Gasteiger charge is -2.50. The number of aliphatic hydroxyl groups excluding tert-OH is 5. The van der Waals surface area contributed by atoms with Gasteiger partial charge >= 0.3 is 0 Å². The van der Waals surface area contributed by atoms with Gasteiger partial charge in [0.05, 0.1) is 37.8 Å². The highest BCUT2D eigenvalue weighted by Crippen LogP contribution is 2.30. The molecule has 3 aliphatic heterocycles. The first-order valence-corrected chi connectivity index (χ1v) is 21.8. The van der Waals surface area contributed by atoms with Gasteiger partial charge in [0.25, 0.3) is 0 Å². The quantitative estimate of drug-likeness (QED) is 0.107. The summed E-state index contributed by atoms with van der Waals surface area (Å²) >= 11 is 0. The Bertz CT molecular complexity index is 1390. The van der Waals surface area contributed by atoms with Crippen LogP contribution in [-0.2, 0) is 20.7 Å². The number of piperidine rings is 1. The summed E-state index contributed by atoms with van der Waals surface area (Å²) in [6.45, 7) is 5.94. The number of ether oxygens (including phenoxy) is 2. The van der Waals surface area contributed by atoms with Crippen molar-refractivity contribution in [1.82, 2.24) is 25.3 Å². The average Bonchev–Trinajstić information content (AvgIpc) is 3.77. The molecule has 16 heteroatoms. The highest BCUT2D eigenvalue weighted by molar-refractivity contribution is 5.83. The van der Waals surface area contributed by atoms with Crippen LogP contribution in [0.25, 0.3) is 0 Å². The first-order valence-electron chi connectivity index (χ1n) is 21.8. The number of hydrogen-bond donors (Lipinski definition) is 7. The second kappa shape index (κ2) is 23.5. The van der Waals surface area contributed by atoms with E-state index in [2.05, 4.69) is 27.4 Å². The van der Waals surface area contributed by atoms with Crippen LogP contribution in [0.1, 0.15) is 96.0 Å². The number of hydrogen-bond acceptors (Lipinski definition) is 12. The highest BCUT2D eigenvalue weighted by atomic mass is 19.1. The minimum absolute atomic E-state index is 0.00387. The molecule has 330 valence electrons. The van der Waals surface area contributed by atoms with Gasteiger partial charge in [-0.05, 0) is 57.8 Å². The van der Waals surface area contributed by atoms with Crippen molar-refractivity contribution >= 4 is 11.8 Å². The summed E-state index contributed by atoms with van der Waals surface area (Å²) in [5.41, 5.74) is -0.373. The Balaban J connectivity index is 1.02. The van der Waals surface area contributed by atoms with E-state index in [1.54, 1.807) is 0 Å². The topological polar surface area (TPSA) is 188 Å². The van der Waals surface area contributed by atoms with Gasteiger partial charge in [0, 0.05) is 76.2 Å². The van der Waals surface area contributed by atoms with E-state index < -0.39 is 73.4 Å². The Morgan fingerprint density at radius 2 is 1.55 bits per heavy atom. The monoisotopic (exact) mass is 826 g/mol. The SMILES string of the molecule is CCOC1CNC(N2CCC(CCCOc3cc(F)c(CC(=O)N4CC[C@H](C(=O)NC[C@H](O)[C@@H](O)[C@H](O)[C@H](O)CO)C4)c(F)c3)CC2)N(C2CCCCCCCC2)C1. The van der Waals surface area contributed by atoms with Gasteiger partial charge in [-0.25, -0.2) is 8.78 Å². The summed E-state index contributed by atoms with van der Waals surface area (Å²) in [7, 11) is 0. The standard InChI is InChI=1S/C42H69F2N5O9/c1-2-57-32-23-46-42(49(26-32)30-11-7-5-3-4-6-8-12-30)47-16-13-28(14-17-47)10-9-19-58-31-20-34(43)33(35(44)21-31)22-38(53)48-18-15-29(25-48)41(56)45-24-36(51)39(54)40(55)37(52)27-50/h20-21,28-30,32,36-37,39-40,42,46,50-52,54-55H,2-19,22-27H2,1H3,(H,45,56)/t29-,32?,36-,37+,39+,40+,42?/m0/s1. The van der Waals surface area contributed by atoms with Crippen molar-refractivity contribution in [3.63, 3.8) is 0 Å². The van der Waals surface area contributed by atoms with Crippen LogP contribution >= 0.6 is 0 Å². The van der Waals surface area contributed by atoms with Gasteiger partial charge in [-0.3, -0.25) is 24.7 Å². The molecule has 2 amide bonds. The van der Waals surface area contributed by atoms with Crippen molar-refractivity contribution in [3.05, 3.63) is 29.3 Å². The lowest BCUT2D eigenvalue weighted by Crippen LogP contribution is -2.67. The van der Waals surface area contributed by atoms with Gasteiger partial charge in [0.2, 0.25) is 11.8 Å². The Labute approximate surface area is 342 Å². The van der Waals surface area contributed by atoms with Gasteiger partial charge < -0.3 is 45.2 Å². The largest absolute Gasteiger partial charge is 0.493 e. The van der Waals surface area contributed by atoms with E-state index in [4.69, 9.17) is 14.6 Å². The molecule has 5 rings (SSSR count). The number of halogens is 2. The maximum Gasteiger partial charge on any atom is 0.227 e. The van der Waals surface area contributed by atoms with Crippen LogP contribution in [0, 0.1) is 23.5 Å². The molecule has 7 atom stereocenters. The third-order valence-corrected chi connectivity index (χ3v) is 12.6. The van der Waals surface area contributed by atoms with Crippen molar-refractivity contribution in [3.8, 4) is 5.75 Å². The maximum atomic E-state index is 15.1. The molecule has 1 aromatic rings. The molecule has 14 nitrogen and oxygen atoms in total. The Morgan fingerprint density at radius 1 is 0.897 bits per heavy atom. The third-order valence-electron chi connectivity index (χ3n) is 12.6. The number of carbonyl (C=O) groups is 2. The van der Waals surface area contributed by atoms with Crippen LogP contribution in [0.15, 0.2) is 12.1 Å². The molecule has 0 bridgehead atoms. The number of nitrogens with zero attached hydrogens (tertiary/aromatic N) is 3. The number of aliphatic hydroxyl groups is 5. The van der Waals surface area contributed by atoms with Crippen LogP contribution in [0.3, 0.4) is 0 Å². The number of rotatable bonds is 18. The Kier molecular flexibility index (Phi) is 18.8. The van der Waals surface area contributed by atoms with E-state index >= 15 is 8.78 Å². The lowest BCUT2D eigenvalue weighted by molar-refractivity contribution is -0.131. The molecule has 1 aromatic carbocycles. The van der Waals surface area contributed by atoms with Gasteiger partial charge in [-0.1, -0.05) is 38.5 Å². The molecule has 2 unspecified atom stereocenters. The molecule has 0 spiro atoms. The fraction of sp³-hybridized carbons (Fsp3) is 0.810. The van der Waals surface area contributed by atoms with Crippen LogP contribution in [0.4, 0.5) is 8.78 Å². The van der Waals surface area contributed by atoms with E-state index in [0.717, 1.165) is 70.6 Å². The van der Waals surface area contributed by atoms with Gasteiger partial charge in [-0.2, -0.15) is 0 Å². The van der Waals surface area contributed by atoms with Crippen molar-refractivity contribution in [1.29, 1.82) is 0 Å². The Hall–Kier alpha value is -2.54. The summed E-state index contributed by atoms with van der Waals surface area (Å²) in [6.07, 6.45) is 7.64. The first kappa shape index (κ1) is 46.5. The smallest absolute Gasteiger partial charge is 0.227 e. The third kappa shape index (κ3) is 13.2. The average molecular weight is 826 g/mol. The molecule has 7 N–H and O–H groups in total. The zero-order chi connectivity index (χ0) is 41.6. The van der Waals surface area contributed by atoms with Gasteiger partial charge in [0.15, 0.2) is 0 Å². The van der Waals surface area contributed by atoms with E-state index in [1.807, 2.05) is 0 Å². The molecule has 3 heterocycles.